The van der Waals surface area contributed by atoms with E-state index >= 15 is 0 Å². The zero-order chi connectivity index (χ0) is 14.0. The summed E-state index contributed by atoms with van der Waals surface area (Å²) >= 11 is 0. The average Bonchev–Trinajstić information content (AvgIpc) is 2.49. The van der Waals surface area contributed by atoms with Crippen molar-refractivity contribution in [3.8, 4) is 0 Å². The molecule has 2 aliphatic rings. The predicted molar refractivity (Wildman–Crippen MR) is 84.9 cm³/mol. The van der Waals surface area contributed by atoms with Crippen molar-refractivity contribution in [3.63, 3.8) is 0 Å². The number of nitrogens with two attached hydrogens (primary N) is 1. The minimum atomic E-state index is -0.0558. The fourth-order valence-corrected chi connectivity index (χ4v) is 3.92. The molecule has 2 heteroatoms. The van der Waals surface area contributed by atoms with E-state index in [0.717, 1.165) is 18.8 Å². The van der Waals surface area contributed by atoms with Crippen LogP contribution in [0.5, 0.6) is 0 Å². The smallest absolute Gasteiger partial charge is 0.0409 e. The van der Waals surface area contributed by atoms with Crippen molar-refractivity contribution in [2.24, 2.45) is 5.73 Å². The van der Waals surface area contributed by atoms with Crippen molar-refractivity contribution in [1.29, 1.82) is 0 Å². The first-order valence-electron chi connectivity index (χ1n) is 8.25. The first kappa shape index (κ1) is 14.1. The molecule has 0 spiro atoms. The second-order valence-electron chi connectivity index (χ2n) is 6.92. The van der Waals surface area contributed by atoms with Gasteiger partial charge >= 0.3 is 0 Å². The molecule has 1 heterocycles. The highest BCUT2D eigenvalue weighted by Gasteiger charge is 2.30. The van der Waals surface area contributed by atoms with Gasteiger partial charge in [-0.1, -0.05) is 43.5 Å². The Morgan fingerprint density at radius 3 is 2.50 bits per heavy atom. The number of hydrogen-bond acceptors (Lipinski definition) is 2. The molecule has 1 saturated carbocycles. The molecule has 0 unspecified atom stereocenters. The molecular weight excluding hydrogens is 244 g/mol. The van der Waals surface area contributed by atoms with Crippen LogP contribution < -0.4 is 5.73 Å². The molecule has 2 fully saturated rings. The van der Waals surface area contributed by atoms with E-state index in [4.69, 9.17) is 5.73 Å². The Morgan fingerprint density at radius 2 is 1.80 bits per heavy atom. The molecule has 1 saturated heterocycles. The van der Waals surface area contributed by atoms with Gasteiger partial charge in [0.1, 0.15) is 0 Å². The molecule has 20 heavy (non-hydrogen) atoms. The van der Waals surface area contributed by atoms with Crippen LogP contribution in [-0.2, 0) is 5.54 Å². The maximum Gasteiger partial charge on any atom is 0.0409 e. The van der Waals surface area contributed by atoms with Gasteiger partial charge in [0.2, 0.25) is 0 Å². The van der Waals surface area contributed by atoms with Crippen LogP contribution in [0, 0.1) is 0 Å². The van der Waals surface area contributed by atoms with E-state index in [1.807, 2.05) is 0 Å². The maximum absolute atomic E-state index is 6.69. The molecule has 3 rings (SSSR count). The quantitative estimate of drug-likeness (QED) is 0.891. The fraction of sp³-hybridized carbons (Fsp3) is 0.667. The van der Waals surface area contributed by atoms with Gasteiger partial charge in [-0.3, -0.25) is 0 Å². The molecule has 2 N–H and O–H groups in total. The Balaban J connectivity index is 1.78. The molecule has 1 aromatic carbocycles. The predicted octanol–water partition coefficient (Wildman–Crippen LogP) is 3.61. The summed E-state index contributed by atoms with van der Waals surface area (Å²) < 4.78 is 0. The second kappa shape index (κ2) is 5.87. The van der Waals surface area contributed by atoms with Gasteiger partial charge in [0, 0.05) is 5.54 Å². The molecular formula is C18H28N2. The second-order valence-corrected chi connectivity index (χ2v) is 6.92. The van der Waals surface area contributed by atoms with E-state index in [2.05, 4.69) is 36.2 Å². The van der Waals surface area contributed by atoms with Crippen LogP contribution in [0.25, 0.3) is 0 Å². The standard InChI is InChI=1S/C18H28N2/c1-20-12-8-15(9-13-20)16-6-5-7-17(14-16)18(19)10-3-2-4-11-18/h5-7,14-15H,2-4,8-13,19H2,1H3. The van der Waals surface area contributed by atoms with E-state index in [9.17, 15) is 0 Å². The van der Waals surface area contributed by atoms with Crippen LogP contribution in [-0.4, -0.2) is 25.0 Å². The molecule has 110 valence electrons. The van der Waals surface area contributed by atoms with Crippen LogP contribution in [0.1, 0.15) is 62.0 Å². The number of hydrogen-bond donors (Lipinski definition) is 1. The van der Waals surface area contributed by atoms with Crippen LogP contribution in [0.3, 0.4) is 0 Å². The summed E-state index contributed by atoms with van der Waals surface area (Å²) in [6.07, 6.45) is 8.82. The molecule has 0 radical (unpaired) electrons. The number of rotatable bonds is 2. The molecule has 0 aromatic heterocycles. The van der Waals surface area contributed by atoms with Gasteiger partial charge in [-0.2, -0.15) is 0 Å². The number of likely N-dealkylation sites (tertiary alicyclic amines) is 1. The highest BCUT2D eigenvalue weighted by Crippen LogP contribution is 2.36. The third-order valence-electron chi connectivity index (χ3n) is 5.40. The lowest BCUT2D eigenvalue weighted by molar-refractivity contribution is 0.255. The topological polar surface area (TPSA) is 29.3 Å². The molecule has 1 aromatic rings. The molecule has 0 atom stereocenters. The van der Waals surface area contributed by atoms with Crippen molar-refractivity contribution in [1.82, 2.24) is 4.90 Å². The van der Waals surface area contributed by atoms with Crippen LogP contribution in [0.4, 0.5) is 0 Å². The minimum absolute atomic E-state index is 0.0558. The molecule has 1 aliphatic carbocycles. The van der Waals surface area contributed by atoms with E-state index in [1.54, 1.807) is 0 Å². The van der Waals surface area contributed by atoms with Crippen molar-refractivity contribution >= 4 is 0 Å². The van der Waals surface area contributed by atoms with Crippen molar-refractivity contribution in [2.75, 3.05) is 20.1 Å². The Hall–Kier alpha value is -0.860. The first-order valence-corrected chi connectivity index (χ1v) is 8.25. The first-order chi connectivity index (χ1) is 9.67. The van der Waals surface area contributed by atoms with Crippen LogP contribution >= 0.6 is 0 Å². The van der Waals surface area contributed by atoms with Gasteiger partial charge < -0.3 is 10.6 Å². The lowest BCUT2D eigenvalue weighted by Crippen LogP contribution is -2.38. The number of piperidine rings is 1. The van der Waals surface area contributed by atoms with Gasteiger partial charge in [-0.05, 0) is 62.9 Å². The van der Waals surface area contributed by atoms with Crippen molar-refractivity contribution < 1.29 is 0 Å². The summed E-state index contributed by atoms with van der Waals surface area (Å²) in [5.41, 5.74) is 9.54. The monoisotopic (exact) mass is 272 g/mol. The van der Waals surface area contributed by atoms with E-state index in [1.165, 1.54) is 56.3 Å². The minimum Gasteiger partial charge on any atom is -0.321 e. The highest BCUT2D eigenvalue weighted by atomic mass is 15.1. The largest absolute Gasteiger partial charge is 0.321 e. The molecule has 0 bridgehead atoms. The van der Waals surface area contributed by atoms with E-state index in [-0.39, 0.29) is 5.54 Å². The number of benzene rings is 1. The summed E-state index contributed by atoms with van der Waals surface area (Å²) in [6.45, 7) is 2.45. The van der Waals surface area contributed by atoms with Crippen LogP contribution in [0.15, 0.2) is 24.3 Å². The third-order valence-corrected chi connectivity index (χ3v) is 5.40. The van der Waals surface area contributed by atoms with Gasteiger partial charge in [0.05, 0.1) is 0 Å². The normalized spacial score (nSPS) is 24.7. The van der Waals surface area contributed by atoms with Crippen molar-refractivity contribution in [3.05, 3.63) is 35.4 Å². The molecule has 0 amide bonds. The Kier molecular flexibility index (Phi) is 4.13. The molecule has 1 aliphatic heterocycles. The fourth-order valence-electron chi connectivity index (χ4n) is 3.92. The van der Waals surface area contributed by atoms with Gasteiger partial charge in [0.25, 0.3) is 0 Å². The van der Waals surface area contributed by atoms with Gasteiger partial charge in [-0.25, -0.2) is 0 Å². The Labute approximate surface area is 123 Å². The summed E-state index contributed by atoms with van der Waals surface area (Å²) in [5.74, 6) is 0.735. The average molecular weight is 272 g/mol. The SMILES string of the molecule is CN1CCC(c2cccc(C3(N)CCCCC3)c2)CC1. The van der Waals surface area contributed by atoms with E-state index < -0.39 is 0 Å². The van der Waals surface area contributed by atoms with Gasteiger partial charge in [0.15, 0.2) is 0 Å². The maximum atomic E-state index is 6.69. The summed E-state index contributed by atoms with van der Waals surface area (Å²) in [4.78, 5) is 2.44. The zero-order valence-electron chi connectivity index (χ0n) is 12.8. The van der Waals surface area contributed by atoms with Crippen molar-refractivity contribution in [2.45, 2.75) is 56.4 Å². The Morgan fingerprint density at radius 1 is 1.10 bits per heavy atom. The summed E-state index contributed by atoms with van der Waals surface area (Å²) in [5, 5.41) is 0. The third kappa shape index (κ3) is 2.91. The lowest BCUT2D eigenvalue weighted by Gasteiger charge is -2.35. The Bertz CT molecular complexity index is 440. The number of nitrogens with zero attached hydrogens (tertiary/aromatic N) is 1. The van der Waals surface area contributed by atoms with Crippen LogP contribution in [0.2, 0.25) is 0 Å². The van der Waals surface area contributed by atoms with Gasteiger partial charge in [-0.15, -0.1) is 0 Å². The summed E-state index contributed by atoms with van der Waals surface area (Å²) in [7, 11) is 2.23. The summed E-state index contributed by atoms with van der Waals surface area (Å²) in [6, 6.07) is 9.21. The lowest BCUT2D eigenvalue weighted by atomic mass is 9.76. The van der Waals surface area contributed by atoms with E-state index in [0.29, 0.717) is 0 Å². The molecule has 2 nitrogen and oxygen atoms in total. The highest BCUT2D eigenvalue weighted by molar-refractivity contribution is 5.32. The zero-order valence-corrected chi connectivity index (χ0v) is 12.8.